The quantitative estimate of drug-likeness (QED) is 0.899. The van der Waals surface area contributed by atoms with E-state index < -0.39 is 5.60 Å². The van der Waals surface area contributed by atoms with E-state index in [1.54, 1.807) is 0 Å². The number of hydrogen-bond acceptors (Lipinski definition) is 3. The first-order chi connectivity index (χ1) is 9.61. The lowest BCUT2D eigenvalue weighted by molar-refractivity contribution is -0.00446. The lowest BCUT2D eigenvalue weighted by atomic mass is 9.80. The third kappa shape index (κ3) is 2.45. The van der Waals surface area contributed by atoms with Crippen molar-refractivity contribution < 1.29 is 5.11 Å². The largest absolute Gasteiger partial charge is 0.389 e. The average molecular weight is 273 g/mol. The highest BCUT2D eigenvalue weighted by Gasteiger charge is 2.34. The molecule has 4 nitrogen and oxygen atoms in total. The first-order valence-corrected chi connectivity index (χ1v) is 7.41. The lowest BCUT2D eigenvalue weighted by Crippen LogP contribution is -2.42. The highest BCUT2D eigenvalue weighted by atomic mass is 16.3. The number of aryl methyl sites for hydroxylation is 1. The van der Waals surface area contributed by atoms with E-state index in [2.05, 4.69) is 20.9 Å². The molecule has 1 aromatic heterocycles. The second-order valence-electron chi connectivity index (χ2n) is 6.04. The van der Waals surface area contributed by atoms with Crippen LogP contribution < -0.4 is 5.32 Å². The van der Waals surface area contributed by atoms with Crippen molar-refractivity contribution in [1.29, 1.82) is 0 Å². The summed E-state index contributed by atoms with van der Waals surface area (Å²) in [6.07, 6.45) is 4.42. The summed E-state index contributed by atoms with van der Waals surface area (Å²) in [6, 6.07) is 8.69. The first kappa shape index (κ1) is 13.6. The van der Waals surface area contributed by atoms with Crippen molar-refractivity contribution in [2.24, 2.45) is 7.05 Å². The molecule has 0 aliphatic heterocycles. The predicted molar refractivity (Wildman–Crippen MR) is 80.7 cm³/mol. The van der Waals surface area contributed by atoms with Crippen LogP contribution in [0.1, 0.15) is 31.5 Å². The number of nitrogens with zero attached hydrogens (tertiary/aromatic N) is 2. The minimum Gasteiger partial charge on any atom is -0.389 e. The number of imidazole rings is 1. The molecule has 2 N–H and O–H groups in total. The van der Waals surface area contributed by atoms with Gasteiger partial charge in [-0.25, -0.2) is 4.98 Å². The molecule has 1 aliphatic rings. The van der Waals surface area contributed by atoms with Crippen molar-refractivity contribution in [1.82, 2.24) is 14.9 Å². The molecule has 2 aromatic rings. The molecule has 1 heterocycles. The summed E-state index contributed by atoms with van der Waals surface area (Å²) < 4.78 is 2.11. The molecule has 0 spiro atoms. The Morgan fingerprint density at radius 3 is 2.70 bits per heavy atom. The summed E-state index contributed by atoms with van der Waals surface area (Å²) >= 11 is 0. The minimum atomic E-state index is -0.595. The molecule has 1 saturated carbocycles. The van der Waals surface area contributed by atoms with Crippen molar-refractivity contribution in [3.8, 4) is 0 Å². The third-order valence-corrected chi connectivity index (χ3v) is 4.69. The number of aromatic nitrogens is 2. The van der Waals surface area contributed by atoms with Crippen LogP contribution in [-0.4, -0.2) is 33.3 Å². The van der Waals surface area contributed by atoms with E-state index in [1.165, 1.54) is 0 Å². The molecule has 3 rings (SSSR count). The Bertz CT molecular complexity index is 597. The molecule has 4 heteroatoms. The van der Waals surface area contributed by atoms with Gasteiger partial charge in [-0.2, -0.15) is 0 Å². The number of fused-ring (bicyclic) bond motifs is 1. The molecule has 0 amide bonds. The van der Waals surface area contributed by atoms with Crippen molar-refractivity contribution in [3.63, 3.8) is 0 Å². The third-order valence-electron chi connectivity index (χ3n) is 4.69. The monoisotopic (exact) mass is 273 g/mol. The second kappa shape index (κ2) is 5.19. The zero-order valence-electron chi connectivity index (χ0n) is 12.3. The first-order valence-electron chi connectivity index (χ1n) is 7.41. The number of rotatable bonds is 3. The number of hydrogen-bond donors (Lipinski definition) is 2. The SMILES string of the molecule is CNC1CCC(O)(Cc2nc3ccccc3n2C)CC1. The van der Waals surface area contributed by atoms with Gasteiger partial charge in [-0.3, -0.25) is 0 Å². The molecule has 0 radical (unpaired) electrons. The van der Waals surface area contributed by atoms with Crippen LogP contribution in [0.2, 0.25) is 0 Å². The van der Waals surface area contributed by atoms with Crippen molar-refractivity contribution >= 4 is 11.0 Å². The van der Waals surface area contributed by atoms with Crippen molar-refractivity contribution in [3.05, 3.63) is 30.1 Å². The van der Waals surface area contributed by atoms with Crippen LogP contribution in [0, 0.1) is 0 Å². The maximum Gasteiger partial charge on any atom is 0.112 e. The van der Waals surface area contributed by atoms with E-state index in [0.29, 0.717) is 12.5 Å². The van der Waals surface area contributed by atoms with Gasteiger partial charge in [0.1, 0.15) is 5.82 Å². The van der Waals surface area contributed by atoms with Gasteiger partial charge in [-0.05, 0) is 44.9 Å². The Hall–Kier alpha value is -1.39. The Balaban J connectivity index is 1.81. The average Bonchev–Trinajstić information content (AvgIpc) is 2.76. The Morgan fingerprint density at radius 2 is 2.05 bits per heavy atom. The summed E-state index contributed by atoms with van der Waals surface area (Å²) in [5.74, 6) is 0.983. The fourth-order valence-corrected chi connectivity index (χ4v) is 3.27. The van der Waals surface area contributed by atoms with Crippen molar-refractivity contribution in [2.45, 2.75) is 43.7 Å². The molecule has 0 bridgehead atoms. The van der Waals surface area contributed by atoms with E-state index in [1.807, 2.05) is 32.3 Å². The normalized spacial score (nSPS) is 27.1. The number of aliphatic hydroxyl groups is 1. The van der Waals surface area contributed by atoms with Gasteiger partial charge in [-0.15, -0.1) is 0 Å². The number of nitrogens with one attached hydrogen (secondary N) is 1. The molecule has 1 fully saturated rings. The Labute approximate surface area is 119 Å². The summed E-state index contributed by atoms with van der Waals surface area (Å²) in [6.45, 7) is 0. The van der Waals surface area contributed by atoms with Gasteiger partial charge in [0.15, 0.2) is 0 Å². The summed E-state index contributed by atoms with van der Waals surface area (Å²) in [7, 11) is 4.04. The van der Waals surface area contributed by atoms with Gasteiger partial charge in [0, 0.05) is 19.5 Å². The smallest absolute Gasteiger partial charge is 0.112 e. The van der Waals surface area contributed by atoms with Gasteiger partial charge >= 0.3 is 0 Å². The van der Waals surface area contributed by atoms with Gasteiger partial charge < -0.3 is 15.0 Å². The van der Waals surface area contributed by atoms with E-state index in [-0.39, 0.29) is 0 Å². The van der Waals surface area contributed by atoms with Crippen LogP contribution >= 0.6 is 0 Å². The van der Waals surface area contributed by atoms with Crippen LogP contribution in [0.3, 0.4) is 0 Å². The topological polar surface area (TPSA) is 50.1 Å². The fourth-order valence-electron chi connectivity index (χ4n) is 3.27. The van der Waals surface area contributed by atoms with Gasteiger partial charge in [0.25, 0.3) is 0 Å². The maximum absolute atomic E-state index is 10.8. The van der Waals surface area contributed by atoms with Crippen LogP contribution in [0.5, 0.6) is 0 Å². The highest BCUT2D eigenvalue weighted by molar-refractivity contribution is 5.75. The maximum atomic E-state index is 10.8. The van der Waals surface area contributed by atoms with Crippen molar-refractivity contribution in [2.75, 3.05) is 7.05 Å². The molecule has 1 aliphatic carbocycles. The number of para-hydroxylation sites is 2. The van der Waals surface area contributed by atoms with Gasteiger partial charge in [0.05, 0.1) is 16.6 Å². The van der Waals surface area contributed by atoms with E-state index in [9.17, 15) is 5.11 Å². The molecular weight excluding hydrogens is 250 g/mol. The predicted octanol–water partition coefficient (Wildman–Crippen LogP) is 2.01. The molecule has 1 aromatic carbocycles. The van der Waals surface area contributed by atoms with Crippen LogP contribution in [-0.2, 0) is 13.5 Å². The van der Waals surface area contributed by atoms with E-state index in [0.717, 1.165) is 42.5 Å². The van der Waals surface area contributed by atoms with E-state index >= 15 is 0 Å². The van der Waals surface area contributed by atoms with Gasteiger partial charge in [-0.1, -0.05) is 12.1 Å². The number of benzene rings is 1. The summed E-state index contributed by atoms with van der Waals surface area (Å²) in [5, 5.41) is 14.1. The lowest BCUT2D eigenvalue weighted by Gasteiger charge is -2.35. The summed E-state index contributed by atoms with van der Waals surface area (Å²) in [4.78, 5) is 4.68. The fraction of sp³-hybridized carbons (Fsp3) is 0.562. The second-order valence-corrected chi connectivity index (χ2v) is 6.04. The standard InChI is InChI=1S/C16H23N3O/c1-17-12-7-9-16(20,10-8-12)11-15-18-13-5-3-4-6-14(13)19(15)2/h3-6,12,17,20H,7-11H2,1-2H3. The van der Waals surface area contributed by atoms with Gasteiger partial charge in [0.2, 0.25) is 0 Å². The zero-order chi connectivity index (χ0) is 14.2. The van der Waals surface area contributed by atoms with E-state index in [4.69, 9.17) is 0 Å². The summed E-state index contributed by atoms with van der Waals surface area (Å²) in [5.41, 5.74) is 1.55. The Morgan fingerprint density at radius 1 is 1.35 bits per heavy atom. The molecule has 0 saturated heterocycles. The minimum absolute atomic E-state index is 0.552. The van der Waals surface area contributed by atoms with Crippen LogP contribution in [0.4, 0.5) is 0 Å². The zero-order valence-corrected chi connectivity index (χ0v) is 12.3. The molecule has 20 heavy (non-hydrogen) atoms. The molecule has 0 atom stereocenters. The molecule has 0 unspecified atom stereocenters. The molecule has 108 valence electrons. The highest BCUT2D eigenvalue weighted by Crippen LogP contribution is 2.31. The van der Waals surface area contributed by atoms with Crippen LogP contribution in [0.25, 0.3) is 11.0 Å². The molecular formula is C16H23N3O. The Kier molecular flexibility index (Phi) is 3.52. The van der Waals surface area contributed by atoms with Crippen LogP contribution in [0.15, 0.2) is 24.3 Å².